The van der Waals surface area contributed by atoms with E-state index in [4.69, 9.17) is 0 Å². The predicted molar refractivity (Wildman–Crippen MR) is 121 cm³/mol. The maximum Gasteiger partial charge on any atom is 0.243 e. The molecule has 0 saturated heterocycles. The van der Waals surface area contributed by atoms with Crippen molar-refractivity contribution in [1.82, 2.24) is 4.31 Å². The van der Waals surface area contributed by atoms with Gasteiger partial charge in [-0.15, -0.1) is 0 Å². The summed E-state index contributed by atoms with van der Waals surface area (Å²) >= 11 is 0. The maximum atomic E-state index is 12.7. The van der Waals surface area contributed by atoms with Gasteiger partial charge in [0.25, 0.3) is 0 Å². The number of benzene rings is 3. The molecule has 2 N–H and O–H groups in total. The number of quaternary nitrogens is 1. The Balaban J connectivity index is 1.59. The van der Waals surface area contributed by atoms with Crippen LogP contribution < -0.4 is 5.32 Å². The molecule has 0 radical (unpaired) electrons. The number of hydrogen-bond acceptors (Lipinski definition) is 2. The van der Waals surface area contributed by atoms with E-state index in [2.05, 4.69) is 60.8 Å². The molecule has 3 aromatic carbocycles. The minimum Gasteiger partial charge on any atom is -0.330 e. The summed E-state index contributed by atoms with van der Waals surface area (Å²) in [6, 6.07) is 25.0. The van der Waals surface area contributed by atoms with Gasteiger partial charge in [0, 0.05) is 29.8 Å². The lowest BCUT2D eigenvalue weighted by atomic mass is 10.0. The molecule has 4 rings (SSSR count). The molecule has 0 amide bonds. The summed E-state index contributed by atoms with van der Waals surface area (Å²) < 4.78 is 27.0. The molecule has 5 heteroatoms. The highest BCUT2D eigenvalue weighted by molar-refractivity contribution is 7.89. The van der Waals surface area contributed by atoms with Crippen LogP contribution in [0.1, 0.15) is 49.5 Å². The van der Waals surface area contributed by atoms with Gasteiger partial charge in [-0.25, -0.2) is 8.42 Å². The molecule has 1 aliphatic carbocycles. The molecular weight excluding hydrogens is 392 g/mol. The fourth-order valence-corrected chi connectivity index (χ4v) is 5.92. The fraction of sp³-hybridized carbons (Fsp3) is 0.280. The fourth-order valence-electron chi connectivity index (χ4n) is 4.46. The van der Waals surface area contributed by atoms with Gasteiger partial charge in [0.1, 0.15) is 12.1 Å². The molecule has 4 nitrogen and oxygen atoms in total. The van der Waals surface area contributed by atoms with Crippen molar-refractivity contribution in [2.45, 2.75) is 37.8 Å². The van der Waals surface area contributed by atoms with Crippen LogP contribution in [0.4, 0.5) is 0 Å². The van der Waals surface area contributed by atoms with Crippen molar-refractivity contribution in [3.05, 3.63) is 89.5 Å². The quantitative estimate of drug-likeness (QED) is 0.624. The molecule has 0 bridgehead atoms. The van der Waals surface area contributed by atoms with Crippen LogP contribution in [0.2, 0.25) is 0 Å². The molecule has 0 unspecified atom stereocenters. The highest BCUT2D eigenvalue weighted by Crippen LogP contribution is 2.41. The molecule has 0 heterocycles. The van der Waals surface area contributed by atoms with Gasteiger partial charge in [-0.2, -0.15) is 4.31 Å². The number of rotatable bonds is 7. The largest absolute Gasteiger partial charge is 0.330 e. The van der Waals surface area contributed by atoms with E-state index in [0.717, 1.165) is 5.56 Å². The lowest BCUT2D eigenvalue weighted by molar-refractivity contribution is -0.722. The Morgan fingerprint density at radius 2 is 1.33 bits per heavy atom. The Bertz CT molecular complexity index is 1090. The van der Waals surface area contributed by atoms with Crippen molar-refractivity contribution in [2.75, 3.05) is 13.1 Å². The van der Waals surface area contributed by atoms with Gasteiger partial charge in [0.05, 0.1) is 4.90 Å². The Morgan fingerprint density at radius 1 is 0.833 bits per heavy atom. The van der Waals surface area contributed by atoms with E-state index in [-0.39, 0.29) is 12.1 Å². The van der Waals surface area contributed by atoms with Crippen LogP contribution >= 0.6 is 0 Å². The molecule has 156 valence electrons. The zero-order valence-corrected chi connectivity index (χ0v) is 18.6. The Morgan fingerprint density at radius 3 is 1.83 bits per heavy atom. The average Bonchev–Trinajstić information content (AvgIpc) is 3.08. The normalized spacial score (nSPS) is 14.5. The molecular formula is C25H29N2O2S+. The second-order valence-electron chi connectivity index (χ2n) is 7.79. The zero-order chi connectivity index (χ0) is 21.3. The second kappa shape index (κ2) is 8.34. The smallest absolute Gasteiger partial charge is 0.243 e. The lowest BCUT2D eigenvalue weighted by Gasteiger charge is -2.20. The van der Waals surface area contributed by atoms with Crippen LogP contribution in [0.15, 0.2) is 77.7 Å². The van der Waals surface area contributed by atoms with Gasteiger partial charge in [0.2, 0.25) is 10.0 Å². The standard InChI is InChI=1S/C25H28N2O2S/c1-4-27(5-2)30(28,29)20-16-14-19(15-17-20)18(3)26-25-23-12-8-6-10-21(23)22-11-7-9-13-24(22)25/h6-18,25-26H,4-5H2,1-3H3/p+1/t18-/m0/s1. The summed E-state index contributed by atoms with van der Waals surface area (Å²) in [4.78, 5) is 0.360. The van der Waals surface area contributed by atoms with Crippen LogP contribution in [0.5, 0.6) is 0 Å². The van der Waals surface area contributed by atoms with Gasteiger partial charge in [0.15, 0.2) is 0 Å². The van der Waals surface area contributed by atoms with Crippen molar-refractivity contribution in [3.8, 4) is 11.1 Å². The Kier molecular flexibility index (Phi) is 5.78. The van der Waals surface area contributed by atoms with Crippen molar-refractivity contribution in [1.29, 1.82) is 0 Å². The molecule has 0 spiro atoms. The van der Waals surface area contributed by atoms with Crippen molar-refractivity contribution in [2.24, 2.45) is 0 Å². The average molecular weight is 422 g/mol. The van der Waals surface area contributed by atoms with Crippen LogP contribution in [-0.4, -0.2) is 25.8 Å². The van der Waals surface area contributed by atoms with E-state index in [9.17, 15) is 8.42 Å². The monoisotopic (exact) mass is 421 g/mol. The number of nitrogens with two attached hydrogens (primary N) is 1. The predicted octanol–water partition coefficient (Wildman–Crippen LogP) is 4.11. The van der Waals surface area contributed by atoms with Gasteiger partial charge < -0.3 is 5.32 Å². The van der Waals surface area contributed by atoms with E-state index in [1.807, 2.05) is 26.0 Å². The number of sulfonamides is 1. The SMILES string of the molecule is CCN(CC)S(=O)(=O)c1ccc([C@H](C)[NH2+]C2c3ccccc3-c3ccccc32)cc1. The first-order chi connectivity index (χ1) is 14.5. The molecule has 0 aliphatic heterocycles. The first-order valence-corrected chi connectivity index (χ1v) is 12.0. The lowest BCUT2D eigenvalue weighted by Crippen LogP contribution is -2.85. The molecule has 1 aliphatic rings. The minimum absolute atomic E-state index is 0.194. The van der Waals surface area contributed by atoms with E-state index < -0.39 is 10.0 Å². The van der Waals surface area contributed by atoms with Gasteiger partial charge in [-0.1, -0.05) is 74.5 Å². The summed E-state index contributed by atoms with van der Waals surface area (Å²) in [5.41, 5.74) is 6.41. The maximum absolute atomic E-state index is 12.7. The van der Waals surface area contributed by atoms with Gasteiger partial charge in [-0.05, 0) is 30.2 Å². The van der Waals surface area contributed by atoms with E-state index >= 15 is 0 Å². The molecule has 3 aromatic rings. The summed E-state index contributed by atoms with van der Waals surface area (Å²) in [5, 5.41) is 2.37. The molecule has 1 atom stereocenters. The third-order valence-electron chi connectivity index (χ3n) is 6.11. The van der Waals surface area contributed by atoms with Crippen LogP contribution in [0, 0.1) is 0 Å². The third-order valence-corrected chi connectivity index (χ3v) is 8.18. The van der Waals surface area contributed by atoms with E-state index in [1.54, 1.807) is 12.1 Å². The Labute approximate surface area is 179 Å². The Hall–Kier alpha value is -2.47. The summed E-state index contributed by atoms with van der Waals surface area (Å²) in [6.07, 6.45) is 0. The number of nitrogens with zero attached hydrogens (tertiary/aromatic N) is 1. The minimum atomic E-state index is -3.42. The molecule has 0 fully saturated rings. The van der Waals surface area contributed by atoms with Gasteiger partial charge >= 0.3 is 0 Å². The molecule has 0 saturated carbocycles. The van der Waals surface area contributed by atoms with E-state index in [1.165, 1.54) is 26.6 Å². The molecule has 0 aromatic heterocycles. The van der Waals surface area contributed by atoms with Gasteiger partial charge in [-0.3, -0.25) is 0 Å². The van der Waals surface area contributed by atoms with Crippen molar-refractivity contribution >= 4 is 10.0 Å². The summed E-state index contributed by atoms with van der Waals surface area (Å²) in [5.74, 6) is 0. The summed E-state index contributed by atoms with van der Waals surface area (Å²) in [6.45, 7) is 6.86. The van der Waals surface area contributed by atoms with E-state index in [0.29, 0.717) is 18.0 Å². The highest BCUT2D eigenvalue weighted by Gasteiger charge is 2.32. The highest BCUT2D eigenvalue weighted by atomic mass is 32.2. The van der Waals surface area contributed by atoms with Crippen LogP contribution in [-0.2, 0) is 10.0 Å². The molecule has 30 heavy (non-hydrogen) atoms. The topological polar surface area (TPSA) is 54.0 Å². The van der Waals surface area contributed by atoms with Crippen LogP contribution in [0.3, 0.4) is 0 Å². The zero-order valence-electron chi connectivity index (χ0n) is 17.7. The number of fused-ring (bicyclic) bond motifs is 3. The summed E-state index contributed by atoms with van der Waals surface area (Å²) in [7, 11) is -3.42. The van der Waals surface area contributed by atoms with Crippen molar-refractivity contribution < 1.29 is 13.7 Å². The first-order valence-electron chi connectivity index (χ1n) is 10.6. The number of hydrogen-bond donors (Lipinski definition) is 1. The van der Waals surface area contributed by atoms with Crippen LogP contribution in [0.25, 0.3) is 11.1 Å². The third kappa shape index (κ3) is 3.58. The second-order valence-corrected chi connectivity index (χ2v) is 9.73. The first kappa shape index (κ1) is 20.8. The van der Waals surface area contributed by atoms with Crippen molar-refractivity contribution in [3.63, 3.8) is 0 Å².